The van der Waals surface area contributed by atoms with Gasteiger partial charge in [-0.3, -0.25) is 9.59 Å². The van der Waals surface area contributed by atoms with Gasteiger partial charge in [0.05, 0.1) is 13.0 Å². The van der Waals surface area contributed by atoms with Crippen molar-refractivity contribution in [3.63, 3.8) is 0 Å². The molecule has 0 saturated carbocycles. The van der Waals surface area contributed by atoms with Gasteiger partial charge in [0, 0.05) is 6.04 Å². The molecule has 0 amide bonds. The van der Waals surface area contributed by atoms with E-state index in [0.29, 0.717) is 13.0 Å². The van der Waals surface area contributed by atoms with E-state index in [2.05, 4.69) is 5.32 Å². The summed E-state index contributed by atoms with van der Waals surface area (Å²) < 4.78 is 4.93. The smallest absolute Gasteiger partial charge is 0.320 e. The largest absolute Gasteiger partial charge is 0.480 e. The number of carbonyl (C=O) groups excluding carboxylic acids is 1. The first-order chi connectivity index (χ1) is 9.52. The second kappa shape index (κ2) is 8.32. The minimum Gasteiger partial charge on any atom is -0.480 e. The molecule has 20 heavy (non-hydrogen) atoms. The van der Waals surface area contributed by atoms with Crippen LogP contribution in [0.4, 0.5) is 0 Å². The number of carboxylic acid groups (broad SMARTS) is 1. The summed E-state index contributed by atoms with van der Waals surface area (Å²) in [6.45, 7) is 3.63. The van der Waals surface area contributed by atoms with Crippen molar-refractivity contribution in [2.75, 3.05) is 6.61 Å². The fourth-order valence-corrected chi connectivity index (χ4v) is 1.93. The molecule has 2 atom stereocenters. The van der Waals surface area contributed by atoms with Crippen molar-refractivity contribution in [1.29, 1.82) is 0 Å². The summed E-state index contributed by atoms with van der Waals surface area (Å²) in [4.78, 5) is 22.5. The van der Waals surface area contributed by atoms with Crippen LogP contribution in [-0.4, -0.2) is 35.7 Å². The molecule has 0 aliphatic rings. The third-order valence-electron chi connectivity index (χ3n) is 2.90. The Balaban J connectivity index is 2.68. The molecule has 0 spiro atoms. The minimum absolute atomic E-state index is 0.153. The van der Waals surface area contributed by atoms with Crippen molar-refractivity contribution in [2.45, 2.75) is 38.8 Å². The molecule has 0 bridgehead atoms. The highest BCUT2D eigenvalue weighted by Crippen LogP contribution is 2.08. The second-order valence-corrected chi connectivity index (χ2v) is 4.62. The van der Waals surface area contributed by atoms with Gasteiger partial charge in [0.1, 0.15) is 6.04 Å². The van der Waals surface area contributed by atoms with Gasteiger partial charge in [0.15, 0.2) is 0 Å². The minimum atomic E-state index is -0.938. The van der Waals surface area contributed by atoms with Crippen LogP contribution in [0.1, 0.15) is 25.8 Å². The highest BCUT2D eigenvalue weighted by atomic mass is 16.5. The van der Waals surface area contributed by atoms with Crippen LogP contribution in [0.3, 0.4) is 0 Å². The Morgan fingerprint density at radius 3 is 2.50 bits per heavy atom. The lowest BCUT2D eigenvalue weighted by molar-refractivity contribution is -0.145. The number of hydrogen-bond acceptors (Lipinski definition) is 4. The average Bonchev–Trinajstić information content (AvgIpc) is 2.39. The summed E-state index contributed by atoms with van der Waals surface area (Å²) in [5.74, 6) is -1.26. The maximum Gasteiger partial charge on any atom is 0.320 e. The Morgan fingerprint density at radius 1 is 1.30 bits per heavy atom. The molecule has 0 unspecified atom stereocenters. The highest BCUT2D eigenvalue weighted by Gasteiger charge is 2.20. The SMILES string of the molecule is CCOC(=O)C[C@H](Cc1ccccc1)N[C@@H](C)C(=O)O. The lowest BCUT2D eigenvalue weighted by Crippen LogP contribution is -2.43. The first-order valence-corrected chi connectivity index (χ1v) is 6.71. The molecule has 1 rings (SSSR count). The number of nitrogens with one attached hydrogen (secondary N) is 1. The summed E-state index contributed by atoms with van der Waals surface area (Å²) in [7, 11) is 0. The summed E-state index contributed by atoms with van der Waals surface area (Å²) in [5.41, 5.74) is 1.05. The molecule has 1 aromatic carbocycles. The van der Waals surface area contributed by atoms with Crippen LogP contribution < -0.4 is 5.32 Å². The molecule has 0 radical (unpaired) electrons. The zero-order chi connectivity index (χ0) is 15.0. The quantitative estimate of drug-likeness (QED) is 0.707. The molecule has 0 fully saturated rings. The van der Waals surface area contributed by atoms with E-state index in [1.54, 1.807) is 13.8 Å². The Hall–Kier alpha value is -1.88. The van der Waals surface area contributed by atoms with E-state index in [-0.39, 0.29) is 18.4 Å². The number of ether oxygens (including phenoxy) is 1. The summed E-state index contributed by atoms with van der Waals surface area (Å²) in [6.07, 6.45) is 0.734. The zero-order valence-electron chi connectivity index (χ0n) is 11.8. The van der Waals surface area contributed by atoms with Gasteiger partial charge in [0.2, 0.25) is 0 Å². The molecule has 5 heteroatoms. The molecule has 0 aliphatic heterocycles. The van der Waals surface area contributed by atoms with E-state index in [1.807, 2.05) is 30.3 Å². The molecular formula is C15H21NO4. The Bertz CT molecular complexity index is 433. The molecular weight excluding hydrogens is 258 g/mol. The van der Waals surface area contributed by atoms with Crippen LogP contribution in [0.5, 0.6) is 0 Å². The maximum absolute atomic E-state index is 11.6. The zero-order valence-corrected chi connectivity index (χ0v) is 11.8. The van der Waals surface area contributed by atoms with Crippen molar-refractivity contribution in [1.82, 2.24) is 5.32 Å². The summed E-state index contributed by atoms with van der Waals surface area (Å²) in [5, 5.41) is 11.9. The van der Waals surface area contributed by atoms with Crippen molar-refractivity contribution in [3.8, 4) is 0 Å². The van der Waals surface area contributed by atoms with Crippen molar-refractivity contribution in [3.05, 3.63) is 35.9 Å². The highest BCUT2D eigenvalue weighted by molar-refractivity contribution is 5.73. The Morgan fingerprint density at radius 2 is 1.95 bits per heavy atom. The van der Waals surface area contributed by atoms with Gasteiger partial charge in [-0.25, -0.2) is 0 Å². The Labute approximate surface area is 118 Å². The lowest BCUT2D eigenvalue weighted by atomic mass is 10.0. The molecule has 110 valence electrons. The van der Waals surface area contributed by atoms with Crippen LogP contribution in [-0.2, 0) is 20.7 Å². The van der Waals surface area contributed by atoms with E-state index < -0.39 is 12.0 Å². The standard InChI is InChI=1S/C15H21NO4/c1-3-20-14(17)10-13(16-11(2)15(18)19)9-12-7-5-4-6-8-12/h4-8,11,13,16H,3,9-10H2,1-2H3,(H,18,19)/t11-,13-/m0/s1. The van der Waals surface area contributed by atoms with E-state index in [0.717, 1.165) is 5.56 Å². The van der Waals surface area contributed by atoms with Gasteiger partial charge in [-0.1, -0.05) is 30.3 Å². The first kappa shape index (κ1) is 16.2. The third kappa shape index (κ3) is 5.84. The van der Waals surface area contributed by atoms with E-state index in [1.165, 1.54) is 0 Å². The van der Waals surface area contributed by atoms with Crippen molar-refractivity contribution >= 4 is 11.9 Å². The van der Waals surface area contributed by atoms with Crippen LogP contribution in [0.25, 0.3) is 0 Å². The van der Waals surface area contributed by atoms with Crippen LogP contribution in [0.2, 0.25) is 0 Å². The molecule has 1 aromatic rings. The predicted molar refractivity (Wildman–Crippen MR) is 75.4 cm³/mol. The number of aliphatic carboxylic acids is 1. The normalized spacial score (nSPS) is 13.5. The van der Waals surface area contributed by atoms with Crippen LogP contribution in [0.15, 0.2) is 30.3 Å². The lowest BCUT2D eigenvalue weighted by Gasteiger charge is -2.20. The van der Waals surface area contributed by atoms with E-state index in [4.69, 9.17) is 9.84 Å². The fourth-order valence-electron chi connectivity index (χ4n) is 1.93. The number of esters is 1. The van der Waals surface area contributed by atoms with Gasteiger partial charge in [-0.15, -0.1) is 0 Å². The number of carbonyl (C=O) groups is 2. The molecule has 5 nitrogen and oxygen atoms in total. The van der Waals surface area contributed by atoms with Crippen molar-refractivity contribution < 1.29 is 19.4 Å². The number of rotatable bonds is 8. The molecule has 0 aliphatic carbocycles. The van der Waals surface area contributed by atoms with Gasteiger partial charge >= 0.3 is 11.9 Å². The van der Waals surface area contributed by atoms with Gasteiger partial charge < -0.3 is 15.2 Å². The third-order valence-corrected chi connectivity index (χ3v) is 2.90. The Kier molecular flexibility index (Phi) is 6.73. The van der Waals surface area contributed by atoms with Crippen LogP contribution in [0, 0.1) is 0 Å². The number of carboxylic acids is 1. The number of hydrogen-bond donors (Lipinski definition) is 2. The second-order valence-electron chi connectivity index (χ2n) is 4.62. The van der Waals surface area contributed by atoms with Crippen LogP contribution >= 0.6 is 0 Å². The monoisotopic (exact) mass is 279 g/mol. The average molecular weight is 279 g/mol. The maximum atomic E-state index is 11.6. The van der Waals surface area contributed by atoms with E-state index in [9.17, 15) is 9.59 Å². The molecule has 0 saturated heterocycles. The summed E-state index contributed by atoms with van der Waals surface area (Å²) in [6, 6.07) is 8.67. The summed E-state index contributed by atoms with van der Waals surface area (Å²) >= 11 is 0. The molecule has 2 N–H and O–H groups in total. The first-order valence-electron chi connectivity index (χ1n) is 6.71. The molecule has 0 heterocycles. The van der Waals surface area contributed by atoms with E-state index >= 15 is 0 Å². The van der Waals surface area contributed by atoms with Gasteiger partial charge in [-0.2, -0.15) is 0 Å². The molecule has 0 aromatic heterocycles. The number of benzene rings is 1. The predicted octanol–water partition coefficient (Wildman–Crippen LogP) is 1.61. The van der Waals surface area contributed by atoms with Gasteiger partial charge in [0.25, 0.3) is 0 Å². The fraction of sp³-hybridized carbons (Fsp3) is 0.467. The topological polar surface area (TPSA) is 75.6 Å². The van der Waals surface area contributed by atoms with Crippen molar-refractivity contribution in [2.24, 2.45) is 0 Å². The van der Waals surface area contributed by atoms with Gasteiger partial charge in [-0.05, 0) is 25.8 Å².